The lowest BCUT2D eigenvalue weighted by Gasteiger charge is -2.60. The number of unbranched alkanes of at least 4 members (excludes halogenated alkanes) is 2. The second-order valence-corrected chi connectivity index (χ2v) is 15.6. The van der Waals surface area contributed by atoms with Gasteiger partial charge in [0.1, 0.15) is 23.4 Å². The molecule has 292 valence electrons. The molecule has 2 heterocycles. The Morgan fingerprint density at radius 3 is 2.52 bits per heavy atom. The van der Waals surface area contributed by atoms with Gasteiger partial charge in [-0.05, 0) is 105 Å². The summed E-state index contributed by atoms with van der Waals surface area (Å²) in [6, 6.07) is 10.8. The molecule has 1 unspecified atom stereocenters. The van der Waals surface area contributed by atoms with Gasteiger partial charge in [-0.1, -0.05) is 42.3 Å². The van der Waals surface area contributed by atoms with Crippen LogP contribution in [-0.2, 0) is 25.7 Å². The van der Waals surface area contributed by atoms with Crippen LogP contribution in [-0.4, -0.2) is 76.4 Å². The Morgan fingerprint density at radius 2 is 1.81 bits per heavy atom. The molecule has 2 aromatic carbocycles. The second-order valence-electron chi connectivity index (χ2n) is 15.6. The van der Waals surface area contributed by atoms with Gasteiger partial charge in [-0.15, -0.1) is 6.58 Å². The Kier molecular flexibility index (Phi) is 12.4. The van der Waals surface area contributed by atoms with E-state index in [9.17, 15) is 24.5 Å². The average molecular weight is 747 g/mol. The molecule has 5 aliphatic rings. The van der Waals surface area contributed by atoms with E-state index in [1.807, 2.05) is 4.90 Å². The number of hydrogen-bond acceptors (Lipinski definition) is 9. The molecule has 2 saturated carbocycles. The van der Waals surface area contributed by atoms with E-state index in [0.29, 0.717) is 30.9 Å². The summed E-state index contributed by atoms with van der Waals surface area (Å²) >= 11 is 0. The number of halogens is 1. The molecule has 0 spiro atoms. The molecule has 54 heavy (non-hydrogen) atoms. The molecule has 1 amide bonds. The van der Waals surface area contributed by atoms with Crippen molar-refractivity contribution in [2.45, 2.75) is 108 Å². The lowest BCUT2D eigenvalue weighted by atomic mass is 9.55. The number of carbonyl (C=O) groups excluding carboxylic acids is 1. The van der Waals surface area contributed by atoms with Crippen LogP contribution < -0.4 is 4.74 Å². The van der Waals surface area contributed by atoms with Crippen LogP contribution in [0.25, 0.3) is 0 Å². The van der Waals surface area contributed by atoms with Crippen molar-refractivity contribution in [2.75, 3.05) is 26.4 Å². The lowest BCUT2D eigenvalue weighted by Crippen LogP contribution is -2.70. The molecular formula is C43H55FN2O8. The van der Waals surface area contributed by atoms with Crippen molar-refractivity contribution < 1.29 is 43.6 Å². The number of ether oxygens (including phenoxy) is 3. The molecular weight excluding hydrogens is 691 g/mol. The van der Waals surface area contributed by atoms with Crippen LogP contribution in [0.15, 0.2) is 71.9 Å². The molecule has 1 saturated heterocycles. The van der Waals surface area contributed by atoms with Crippen molar-refractivity contribution in [2.24, 2.45) is 28.8 Å². The Morgan fingerprint density at radius 1 is 1.04 bits per heavy atom. The molecule has 11 heteroatoms. The number of fused-ring (bicyclic) bond motifs is 2. The summed E-state index contributed by atoms with van der Waals surface area (Å²) in [7, 11) is 0. The molecule has 3 N–H and O–H groups in total. The predicted octanol–water partition coefficient (Wildman–Crippen LogP) is 7.13. The monoisotopic (exact) mass is 746 g/mol. The van der Waals surface area contributed by atoms with Crippen LogP contribution in [0.1, 0.15) is 94.1 Å². The minimum Gasteiger partial charge on any atom is -0.508 e. The minimum atomic E-state index is -1.40. The smallest absolute Gasteiger partial charge is 0.239 e. The van der Waals surface area contributed by atoms with Gasteiger partial charge in [0.05, 0.1) is 24.8 Å². The summed E-state index contributed by atoms with van der Waals surface area (Å²) in [6.45, 7) is 5.15. The Hall–Kier alpha value is -3.77. The fourth-order valence-corrected chi connectivity index (χ4v) is 9.27. The van der Waals surface area contributed by atoms with E-state index in [0.717, 1.165) is 74.5 Å². The number of aliphatic hydroxyl groups is 2. The van der Waals surface area contributed by atoms with E-state index in [1.165, 1.54) is 12.1 Å². The Labute approximate surface area is 317 Å². The molecule has 0 aromatic heterocycles. The van der Waals surface area contributed by atoms with Gasteiger partial charge in [0.25, 0.3) is 0 Å². The highest BCUT2D eigenvalue weighted by Crippen LogP contribution is 2.62. The van der Waals surface area contributed by atoms with Crippen LogP contribution in [0.4, 0.5) is 4.39 Å². The van der Waals surface area contributed by atoms with Crippen LogP contribution in [0.2, 0.25) is 0 Å². The lowest BCUT2D eigenvalue weighted by molar-refractivity contribution is -0.258. The number of allylic oxidation sites excluding steroid dienone is 1. The Bertz CT molecular complexity index is 1670. The maximum absolute atomic E-state index is 14.6. The molecule has 0 bridgehead atoms. The molecule has 7 atom stereocenters. The number of carbonyl (C=O) groups is 1. The number of oxime groups is 1. The zero-order valence-corrected chi connectivity index (χ0v) is 31.1. The van der Waals surface area contributed by atoms with E-state index < -0.39 is 24.0 Å². The van der Waals surface area contributed by atoms with Crippen molar-refractivity contribution in [3.8, 4) is 11.5 Å². The Balaban J connectivity index is 1.43. The average Bonchev–Trinajstić information content (AvgIpc) is 4.04. The van der Waals surface area contributed by atoms with Crippen LogP contribution in [0.3, 0.4) is 0 Å². The topological polar surface area (TPSA) is 130 Å². The fourth-order valence-electron chi connectivity index (χ4n) is 9.27. The first-order chi connectivity index (χ1) is 26.4. The summed E-state index contributed by atoms with van der Waals surface area (Å²) in [6.07, 6.45) is 12.6. The number of hydrogen-bond donors (Lipinski definition) is 3. The zero-order valence-electron chi connectivity index (χ0n) is 31.1. The summed E-state index contributed by atoms with van der Waals surface area (Å²) in [5.41, 5.74) is 3.27. The van der Waals surface area contributed by atoms with Crippen molar-refractivity contribution in [1.29, 1.82) is 0 Å². The number of rotatable bonds is 17. The van der Waals surface area contributed by atoms with Crippen molar-refractivity contribution >= 4 is 11.6 Å². The number of phenolic OH excluding ortho intramolecular Hbond substituents is 1. The largest absolute Gasteiger partial charge is 0.508 e. The number of amides is 1. The normalized spacial score (nSPS) is 29.4. The van der Waals surface area contributed by atoms with Crippen LogP contribution in [0, 0.1) is 29.5 Å². The zero-order chi connectivity index (χ0) is 37.7. The molecule has 10 nitrogen and oxygen atoms in total. The van der Waals surface area contributed by atoms with Gasteiger partial charge in [0, 0.05) is 50.0 Å². The van der Waals surface area contributed by atoms with Gasteiger partial charge in [-0.2, -0.15) is 0 Å². The van der Waals surface area contributed by atoms with Gasteiger partial charge in [-0.3, -0.25) is 4.79 Å². The number of benzene rings is 2. The summed E-state index contributed by atoms with van der Waals surface area (Å²) in [5, 5.41) is 35.4. The highest BCUT2D eigenvalue weighted by Gasteiger charge is 2.66. The van der Waals surface area contributed by atoms with Gasteiger partial charge >= 0.3 is 0 Å². The summed E-state index contributed by atoms with van der Waals surface area (Å²) in [5.74, 6) is -1.77. The van der Waals surface area contributed by atoms with Crippen LogP contribution in [0.5, 0.6) is 11.5 Å². The third-order valence-corrected chi connectivity index (χ3v) is 11.9. The second kappa shape index (κ2) is 17.4. The third kappa shape index (κ3) is 8.10. The summed E-state index contributed by atoms with van der Waals surface area (Å²) in [4.78, 5) is 22.7. The quantitative estimate of drug-likeness (QED) is 0.0886. The van der Waals surface area contributed by atoms with Gasteiger partial charge < -0.3 is 39.3 Å². The van der Waals surface area contributed by atoms with Crippen molar-refractivity contribution in [3.05, 3.63) is 83.7 Å². The van der Waals surface area contributed by atoms with Crippen molar-refractivity contribution in [3.63, 3.8) is 0 Å². The molecule has 0 radical (unpaired) electrons. The van der Waals surface area contributed by atoms with E-state index >= 15 is 0 Å². The molecule has 3 fully saturated rings. The number of nitrogens with zero attached hydrogens (tertiary/aromatic N) is 2. The predicted molar refractivity (Wildman–Crippen MR) is 201 cm³/mol. The SMILES string of the molecule is C=CCO[C@@]12Oc3ccc(O)cc3[C@H]3[C@H](CCCCO)[C@@H](CCCCO)C=C(C(=NOC4CCCCO4)C[C@@H]1N(Cc1ccc(F)cc1)C(=O)C1CC1)[C@H]32. The highest BCUT2D eigenvalue weighted by molar-refractivity contribution is 6.03. The van der Waals surface area contributed by atoms with E-state index in [4.69, 9.17) is 24.2 Å². The van der Waals surface area contributed by atoms with E-state index in [1.54, 1.807) is 36.4 Å². The van der Waals surface area contributed by atoms with Crippen molar-refractivity contribution in [1.82, 2.24) is 4.90 Å². The van der Waals surface area contributed by atoms with E-state index in [2.05, 4.69) is 12.7 Å². The third-order valence-electron chi connectivity index (χ3n) is 11.9. The first-order valence-corrected chi connectivity index (χ1v) is 20.0. The highest BCUT2D eigenvalue weighted by atomic mass is 19.1. The first-order valence-electron chi connectivity index (χ1n) is 20.0. The standard InChI is InChI=1S/C43H55FN2O8/c1-2-22-52-43-38(46(42(50)29-14-15-29)27-28-12-16-31(44)17-13-28)26-36(45-54-39-11-5-8-23-51-39)34-24-30(9-3-6-20-47)33(10-4-7-21-48)40(41(34)43)35-25-32(49)18-19-37(35)53-43/h2,12-13,16-19,24-25,29-30,33,38-41,47-49H,1,3-11,14-15,20-23,26-27H2/t30-,33+,38-,39?,40+,41+,43+/m0/s1. The maximum atomic E-state index is 14.6. The molecule has 2 aromatic rings. The number of phenols is 1. The van der Waals surface area contributed by atoms with Gasteiger partial charge in [-0.25, -0.2) is 4.39 Å². The van der Waals surface area contributed by atoms with E-state index in [-0.39, 0.29) is 73.9 Å². The summed E-state index contributed by atoms with van der Waals surface area (Å²) < 4.78 is 34.3. The van der Waals surface area contributed by atoms with Crippen LogP contribution >= 0.6 is 0 Å². The van der Waals surface area contributed by atoms with Gasteiger partial charge in [0.15, 0.2) is 0 Å². The molecule has 2 aliphatic heterocycles. The maximum Gasteiger partial charge on any atom is 0.239 e. The van der Waals surface area contributed by atoms with Gasteiger partial charge in [0.2, 0.25) is 18.0 Å². The minimum absolute atomic E-state index is 0.0111. The molecule has 7 rings (SSSR count). The number of aromatic hydroxyl groups is 1. The number of aliphatic hydroxyl groups excluding tert-OH is 2. The first kappa shape index (κ1) is 38.5. The fraction of sp³-hybridized carbons (Fsp3) is 0.581. The molecule has 3 aliphatic carbocycles.